The van der Waals surface area contributed by atoms with E-state index in [1.165, 1.54) is 87.0 Å². The van der Waals surface area contributed by atoms with Crippen LogP contribution in [0, 0.1) is 0 Å². The minimum absolute atomic E-state index is 0.101. The molecule has 0 saturated heterocycles. The van der Waals surface area contributed by atoms with Gasteiger partial charge in [-0.2, -0.15) is 0 Å². The number of para-hydroxylation sites is 1. The highest BCUT2D eigenvalue weighted by Crippen LogP contribution is 2.60. The van der Waals surface area contributed by atoms with Crippen molar-refractivity contribution in [2.45, 2.75) is 36.5 Å². The van der Waals surface area contributed by atoms with E-state index in [9.17, 15) is 0 Å². The molecule has 0 bridgehead atoms. The number of nitrogens with zero attached hydrogens (tertiary/aromatic N) is 1. The monoisotopic (exact) mass is 717 g/mol. The number of benzene rings is 8. The van der Waals surface area contributed by atoms with Crippen LogP contribution in [0.1, 0.15) is 59.1 Å². The van der Waals surface area contributed by atoms with Crippen LogP contribution >= 0.6 is 0 Å². The molecule has 266 valence electrons. The molecule has 0 N–H and O–H groups in total. The van der Waals surface area contributed by atoms with Crippen molar-refractivity contribution in [1.29, 1.82) is 0 Å². The lowest BCUT2D eigenvalue weighted by Crippen LogP contribution is -2.28. The maximum Gasteiger partial charge on any atom is 0.135 e. The molecule has 0 radical (unpaired) electrons. The molecule has 0 amide bonds. The van der Waals surface area contributed by atoms with E-state index in [0.29, 0.717) is 0 Å². The highest BCUT2D eigenvalue weighted by Gasteiger charge is 2.47. The maximum absolute atomic E-state index is 6.82. The molecule has 0 unspecified atom stereocenters. The van der Waals surface area contributed by atoms with Crippen molar-refractivity contribution in [3.05, 3.63) is 221 Å². The van der Waals surface area contributed by atoms with Crippen molar-refractivity contribution < 1.29 is 4.42 Å². The van der Waals surface area contributed by atoms with Gasteiger partial charge in [0.1, 0.15) is 11.2 Å². The largest absolute Gasteiger partial charge is 0.456 e. The van der Waals surface area contributed by atoms with Gasteiger partial charge in [0.05, 0.1) is 11.1 Å². The van der Waals surface area contributed by atoms with Crippen molar-refractivity contribution in [2.75, 3.05) is 4.90 Å². The average molecular weight is 718 g/mol. The van der Waals surface area contributed by atoms with E-state index in [2.05, 4.69) is 193 Å². The van der Waals surface area contributed by atoms with Crippen molar-refractivity contribution in [3.8, 4) is 22.3 Å². The molecule has 1 heterocycles. The average Bonchev–Trinajstić information content (AvgIpc) is 4.04. The first kappa shape index (κ1) is 31.7. The number of hydrogen-bond donors (Lipinski definition) is 0. The standard InChI is InChI=1S/C54H39NO/c1-3-16-36(17-4-1)54(46-24-11-7-20-40(46)41-21-8-12-25-47(41)54)37-28-30-42-44-35-39(29-31-50(44)56-51(42)34-37)55(38-18-5-2-6-19-38)49-27-15-26-48-52(49)43-22-9-10-23-45(43)53(48)32-13-14-33-53/h1-12,15-31,34-35H,13-14,32-33H2. The summed E-state index contributed by atoms with van der Waals surface area (Å²) in [6, 6.07) is 69.5. The molecule has 8 aromatic carbocycles. The molecule has 12 rings (SSSR count). The van der Waals surface area contributed by atoms with Gasteiger partial charge in [-0.25, -0.2) is 0 Å². The lowest BCUT2D eigenvalue weighted by molar-refractivity contribution is 0.550. The second-order valence-electron chi connectivity index (χ2n) is 15.9. The zero-order valence-electron chi connectivity index (χ0n) is 31.1. The Bertz CT molecular complexity index is 2940. The number of anilines is 3. The first-order valence-corrected chi connectivity index (χ1v) is 20.1. The van der Waals surface area contributed by atoms with Crippen molar-refractivity contribution in [3.63, 3.8) is 0 Å². The summed E-state index contributed by atoms with van der Waals surface area (Å²) in [5, 5.41) is 2.24. The number of furan rings is 1. The van der Waals surface area contributed by atoms with Crippen LogP contribution in [0.4, 0.5) is 17.1 Å². The molecule has 0 atom stereocenters. The highest BCUT2D eigenvalue weighted by atomic mass is 16.3. The van der Waals surface area contributed by atoms with Crippen LogP contribution in [0.15, 0.2) is 192 Å². The molecular weight excluding hydrogens is 679 g/mol. The molecule has 0 aliphatic heterocycles. The van der Waals surface area contributed by atoms with Crippen LogP contribution in [0.25, 0.3) is 44.2 Å². The SMILES string of the molecule is c1ccc(N(c2ccc3oc4cc(C5(c6ccccc6)c6ccccc6-c6ccccc65)ccc4c3c2)c2cccc3c2-c2ccccc2C32CCCC2)cc1. The lowest BCUT2D eigenvalue weighted by atomic mass is 9.67. The third-order valence-electron chi connectivity index (χ3n) is 13.3. The van der Waals surface area contributed by atoms with Gasteiger partial charge in [-0.1, -0.05) is 158 Å². The Hall–Kier alpha value is -6.64. The normalized spacial score (nSPS) is 15.5. The van der Waals surface area contributed by atoms with Crippen LogP contribution in [0.2, 0.25) is 0 Å². The summed E-state index contributed by atoms with van der Waals surface area (Å²) in [6.45, 7) is 0. The maximum atomic E-state index is 6.82. The van der Waals surface area contributed by atoms with E-state index in [1.54, 1.807) is 0 Å². The summed E-state index contributed by atoms with van der Waals surface area (Å²) in [7, 11) is 0. The third-order valence-corrected chi connectivity index (χ3v) is 13.3. The van der Waals surface area contributed by atoms with Gasteiger partial charge < -0.3 is 9.32 Å². The molecule has 56 heavy (non-hydrogen) atoms. The second-order valence-corrected chi connectivity index (χ2v) is 15.9. The van der Waals surface area contributed by atoms with Gasteiger partial charge in [-0.3, -0.25) is 0 Å². The summed E-state index contributed by atoms with van der Waals surface area (Å²) >= 11 is 0. The zero-order valence-corrected chi connectivity index (χ0v) is 31.1. The van der Waals surface area contributed by atoms with E-state index < -0.39 is 5.41 Å². The van der Waals surface area contributed by atoms with Gasteiger partial charge in [0.15, 0.2) is 0 Å². The minimum atomic E-state index is -0.475. The quantitative estimate of drug-likeness (QED) is 0.176. The van der Waals surface area contributed by atoms with Gasteiger partial charge >= 0.3 is 0 Å². The van der Waals surface area contributed by atoms with Crippen molar-refractivity contribution >= 4 is 39.0 Å². The summed E-state index contributed by atoms with van der Waals surface area (Å²) in [5.41, 5.74) is 18.3. The molecule has 1 saturated carbocycles. The molecule has 9 aromatic rings. The Kier molecular flexibility index (Phi) is 6.75. The predicted octanol–water partition coefficient (Wildman–Crippen LogP) is 14.3. The van der Waals surface area contributed by atoms with Crippen molar-refractivity contribution in [2.24, 2.45) is 0 Å². The summed E-state index contributed by atoms with van der Waals surface area (Å²) in [6.07, 6.45) is 4.97. The highest BCUT2D eigenvalue weighted by molar-refractivity contribution is 6.07. The van der Waals surface area contributed by atoms with Crippen LogP contribution in [0.3, 0.4) is 0 Å². The molecule has 1 fully saturated rings. The van der Waals surface area contributed by atoms with E-state index in [1.807, 2.05) is 0 Å². The van der Waals surface area contributed by atoms with Gasteiger partial charge in [-0.05, 0) is 105 Å². The minimum Gasteiger partial charge on any atom is -0.456 e. The van der Waals surface area contributed by atoms with E-state index >= 15 is 0 Å². The Morgan fingerprint density at radius 3 is 1.77 bits per heavy atom. The molecule has 1 aromatic heterocycles. The fourth-order valence-electron chi connectivity index (χ4n) is 11.0. The lowest BCUT2D eigenvalue weighted by Gasteiger charge is -2.33. The van der Waals surface area contributed by atoms with Gasteiger partial charge in [0.25, 0.3) is 0 Å². The molecule has 2 nitrogen and oxygen atoms in total. The Morgan fingerprint density at radius 2 is 1.04 bits per heavy atom. The number of fused-ring (bicyclic) bond motifs is 11. The smallest absolute Gasteiger partial charge is 0.135 e. The van der Waals surface area contributed by atoms with E-state index in [-0.39, 0.29) is 5.41 Å². The molecule has 1 spiro atoms. The van der Waals surface area contributed by atoms with Crippen LogP contribution in [-0.4, -0.2) is 0 Å². The van der Waals surface area contributed by atoms with Crippen LogP contribution < -0.4 is 4.90 Å². The topological polar surface area (TPSA) is 16.4 Å². The predicted molar refractivity (Wildman–Crippen MR) is 230 cm³/mol. The van der Waals surface area contributed by atoms with Crippen molar-refractivity contribution in [1.82, 2.24) is 0 Å². The molecule has 3 aliphatic rings. The second kappa shape index (κ2) is 11.9. The zero-order chi connectivity index (χ0) is 36.8. The fourth-order valence-corrected chi connectivity index (χ4v) is 11.0. The molecule has 2 heteroatoms. The van der Waals surface area contributed by atoms with Gasteiger partial charge in [0.2, 0.25) is 0 Å². The molecular formula is C54H39NO. The summed E-state index contributed by atoms with van der Waals surface area (Å²) in [4.78, 5) is 2.47. The summed E-state index contributed by atoms with van der Waals surface area (Å²) < 4.78 is 6.82. The number of hydrogen-bond acceptors (Lipinski definition) is 2. The van der Waals surface area contributed by atoms with E-state index in [4.69, 9.17) is 4.42 Å². The van der Waals surface area contributed by atoms with Gasteiger partial charge in [-0.15, -0.1) is 0 Å². The van der Waals surface area contributed by atoms with Crippen LogP contribution in [-0.2, 0) is 10.8 Å². The Labute approximate surface area is 327 Å². The third kappa shape index (κ3) is 4.22. The fraction of sp³-hybridized carbons (Fsp3) is 0.111. The van der Waals surface area contributed by atoms with Crippen LogP contribution in [0.5, 0.6) is 0 Å². The molecule has 3 aliphatic carbocycles. The van der Waals surface area contributed by atoms with E-state index in [0.717, 1.165) is 33.3 Å². The summed E-state index contributed by atoms with van der Waals surface area (Å²) in [5.74, 6) is 0. The van der Waals surface area contributed by atoms with Gasteiger partial charge in [0, 0.05) is 33.1 Å². The number of rotatable bonds is 5. The first-order chi connectivity index (χ1) is 27.8. The Morgan fingerprint density at radius 1 is 0.411 bits per heavy atom. The Balaban J connectivity index is 1.06. The first-order valence-electron chi connectivity index (χ1n) is 20.1.